The lowest BCUT2D eigenvalue weighted by atomic mass is 10.1. The summed E-state index contributed by atoms with van der Waals surface area (Å²) in [6, 6.07) is 4.33. The van der Waals surface area contributed by atoms with Crippen molar-refractivity contribution in [3.63, 3.8) is 0 Å². The number of fused-ring (bicyclic) bond motifs is 1. The predicted molar refractivity (Wildman–Crippen MR) is 96.5 cm³/mol. The smallest absolute Gasteiger partial charge is 0.317 e. The highest BCUT2D eigenvalue weighted by atomic mass is 32.1. The molecule has 0 radical (unpaired) electrons. The van der Waals surface area contributed by atoms with Crippen molar-refractivity contribution >= 4 is 32.7 Å². The van der Waals surface area contributed by atoms with E-state index in [4.69, 9.17) is 4.98 Å². The maximum absolute atomic E-state index is 12.0. The van der Waals surface area contributed by atoms with Crippen molar-refractivity contribution in [3.05, 3.63) is 35.9 Å². The zero-order valence-electron chi connectivity index (χ0n) is 13.6. The SMILES string of the molecule is C=CCNC(=O)N1CCN(c2nc3cc(C)cc(C)c3s2)CC1. The Labute approximate surface area is 140 Å². The lowest BCUT2D eigenvalue weighted by molar-refractivity contribution is 0.195. The number of thiazole rings is 1. The first-order chi connectivity index (χ1) is 11.1. The number of aromatic nitrogens is 1. The molecule has 23 heavy (non-hydrogen) atoms. The maximum atomic E-state index is 12.0. The molecule has 0 spiro atoms. The summed E-state index contributed by atoms with van der Waals surface area (Å²) in [5, 5.41) is 3.88. The third-order valence-electron chi connectivity index (χ3n) is 4.04. The van der Waals surface area contributed by atoms with Gasteiger partial charge in [0.2, 0.25) is 0 Å². The maximum Gasteiger partial charge on any atom is 0.317 e. The van der Waals surface area contributed by atoms with Crippen LogP contribution in [0.25, 0.3) is 10.2 Å². The van der Waals surface area contributed by atoms with Gasteiger partial charge in [-0.25, -0.2) is 9.78 Å². The fraction of sp³-hybridized carbons (Fsp3) is 0.412. The van der Waals surface area contributed by atoms with Gasteiger partial charge in [-0.3, -0.25) is 0 Å². The van der Waals surface area contributed by atoms with Gasteiger partial charge in [0.05, 0.1) is 10.2 Å². The molecule has 2 amide bonds. The Morgan fingerprint density at radius 2 is 2.09 bits per heavy atom. The molecule has 5 nitrogen and oxygen atoms in total. The molecule has 0 atom stereocenters. The average molecular weight is 330 g/mol. The summed E-state index contributed by atoms with van der Waals surface area (Å²) in [4.78, 5) is 20.9. The predicted octanol–water partition coefficient (Wildman–Crippen LogP) is 2.93. The van der Waals surface area contributed by atoms with Crippen LogP contribution in [0.4, 0.5) is 9.93 Å². The van der Waals surface area contributed by atoms with Gasteiger partial charge in [-0.05, 0) is 31.0 Å². The van der Waals surface area contributed by atoms with Crippen molar-refractivity contribution in [2.75, 3.05) is 37.6 Å². The first kappa shape index (κ1) is 15.8. The second kappa shape index (κ2) is 6.58. The third-order valence-corrected chi connectivity index (χ3v) is 5.31. The van der Waals surface area contributed by atoms with Gasteiger partial charge in [-0.15, -0.1) is 6.58 Å². The van der Waals surface area contributed by atoms with E-state index in [0.717, 1.165) is 36.8 Å². The van der Waals surface area contributed by atoms with E-state index in [1.54, 1.807) is 17.4 Å². The molecule has 2 aromatic rings. The molecule has 0 aliphatic carbocycles. The van der Waals surface area contributed by atoms with Crippen LogP contribution in [-0.2, 0) is 0 Å². The number of rotatable bonds is 3. The molecule has 122 valence electrons. The second-order valence-corrected chi connectivity index (χ2v) is 6.85. The van der Waals surface area contributed by atoms with E-state index in [2.05, 4.69) is 42.8 Å². The van der Waals surface area contributed by atoms with E-state index in [9.17, 15) is 4.79 Å². The average Bonchev–Trinajstić information content (AvgIpc) is 2.97. The number of nitrogens with zero attached hydrogens (tertiary/aromatic N) is 3. The molecule has 0 saturated carbocycles. The number of piperazine rings is 1. The van der Waals surface area contributed by atoms with Gasteiger partial charge in [0, 0.05) is 32.7 Å². The van der Waals surface area contributed by atoms with Gasteiger partial charge in [0.15, 0.2) is 5.13 Å². The molecule has 1 aromatic carbocycles. The third kappa shape index (κ3) is 3.32. The molecule has 1 aliphatic rings. The molecule has 0 bridgehead atoms. The molecule has 6 heteroatoms. The summed E-state index contributed by atoms with van der Waals surface area (Å²) in [7, 11) is 0. The number of carbonyl (C=O) groups is 1. The van der Waals surface area contributed by atoms with Gasteiger partial charge in [-0.1, -0.05) is 23.5 Å². The quantitative estimate of drug-likeness (QED) is 0.880. The van der Waals surface area contributed by atoms with Crippen molar-refractivity contribution in [2.24, 2.45) is 0 Å². The number of aryl methyl sites for hydroxylation is 2. The Hall–Kier alpha value is -2.08. The van der Waals surface area contributed by atoms with Crippen LogP contribution in [-0.4, -0.2) is 48.6 Å². The molecule has 2 heterocycles. The lowest BCUT2D eigenvalue weighted by Crippen LogP contribution is -2.51. The number of benzene rings is 1. The van der Waals surface area contributed by atoms with Gasteiger partial charge in [0.25, 0.3) is 0 Å². The highest BCUT2D eigenvalue weighted by Gasteiger charge is 2.23. The van der Waals surface area contributed by atoms with E-state index in [1.807, 2.05) is 4.90 Å². The number of anilines is 1. The zero-order chi connectivity index (χ0) is 16.4. The Kier molecular flexibility index (Phi) is 4.52. The van der Waals surface area contributed by atoms with Gasteiger partial charge < -0.3 is 15.1 Å². The number of nitrogens with one attached hydrogen (secondary N) is 1. The minimum absolute atomic E-state index is 0.0136. The van der Waals surface area contributed by atoms with Crippen molar-refractivity contribution in [1.82, 2.24) is 15.2 Å². The molecular formula is C17H22N4OS. The van der Waals surface area contributed by atoms with Crippen LogP contribution in [0.3, 0.4) is 0 Å². The lowest BCUT2D eigenvalue weighted by Gasteiger charge is -2.34. The second-order valence-electron chi connectivity index (χ2n) is 5.88. The summed E-state index contributed by atoms with van der Waals surface area (Å²) < 4.78 is 1.26. The van der Waals surface area contributed by atoms with E-state index >= 15 is 0 Å². The topological polar surface area (TPSA) is 48.5 Å². The monoisotopic (exact) mass is 330 g/mol. The van der Waals surface area contributed by atoms with Crippen molar-refractivity contribution in [3.8, 4) is 0 Å². The highest BCUT2D eigenvalue weighted by Crippen LogP contribution is 2.32. The largest absolute Gasteiger partial charge is 0.345 e. The summed E-state index contributed by atoms with van der Waals surface area (Å²) in [5.41, 5.74) is 3.61. The van der Waals surface area contributed by atoms with Crippen molar-refractivity contribution in [2.45, 2.75) is 13.8 Å². The van der Waals surface area contributed by atoms with Crippen LogP contribution in [0.5, 0.6) is 0 Å². The molecule has 3 rings (SSSR count). The number of carbonyl (C=O) groups excluding carboxylic acids is 1. The first-order valence-corrected chi connectivity index (χ1v) is 8.66. The van der Waals surface area contributed by atoms with Crippen LogP contribution >= 0.6 is 11.3 Å². The fourth-order valence-corrected chi connectivity index (χ4v) is 3.94. The van der Waals surface area contributed by atoms with Crippen LogP contribution < -0.4 is 10.2 Å². The Bertz CT molecular complexity index is 732. The van der Waals surface area contributed by atoms with E-state index in [0.29, 0.717) is 6.54 Å². The fourth-order valence-electron chi connectivity index (χ4n) is 2.87. The van der Waals surface area contributed by atoms with Crippen LogP contribution in [0, 0.1) is 13.8 Å². The Morgan fingerprint density at radius 3 is 2.78 bits per heavy atom. The number of hydrogen-bond acceptors (Lipinski definition) is 4. The highest BCUT2D eigenvalue weighted by molar-refractivity contribution is 7.22. The van der Waals surface area contributed by atoms with E-state index in [1.165, 1.54) is 15.8 Å². The first-order valence-electron chi connectivity index (χ1n) is 7.85. The minimum atomic E-state index is -0.0136. The normalized spacial score (nSPS) is 15.0. The van der Waals surface area contributed by atoms with Crippen LogP contribution in [0.2, 0.25) is 0 Å². The molecule has 1 aliphatic heterocycles. The molecule has 1 saturated heterocycles. The summed E-state index contributed by atoms with van der Waals surface area (Å²) in [6.07, 6.45) is 1.69. The van der Waals surface area contributed by atoms with Crippen LogP contribution in [0.1, 0.15) is 11.1 Å². The molecule has 1 fully saturated rings. The summed E-state index contributed by atoms with van der Waals surface area (Å²) in [5.74, 6) is 0. The number of amides is 2. The zero-order valence-corrected chi connectivity index (χ0v) is 14.4. The summed E-state index contributed by atoms with van der Waals surface area (Å²) in [6.45, 7) is 11.4. The number of urea groups is 1. The van der Waals surface area contributed by atoms with Crippen molar-refractivity contribution < 1.29 is 4.79 Å². The Morgan fingerprint density at radius 1 is 1.35 bits per heavy atom. The Balaban J connectivity index is 1.69. The minimum Gasteiger partial charge on any atom is -0.345 e. The van der Waals surface area contributed by atoms with Crippen LogP contribution in [0.15, 0.2) is 24.8 Å². The molecular weight excluding hydrogens is 308 g/mol. The molecule has 1 aromatic heterocycles. The van der Waals surface area contributed by atoms with E-state index < -0.39 is 0 Å². The summed E-state index contributed by atoms with van der Waals surface area (Å²) >= 11 is 1.75. The van der Waals surface area contributed by atoms with Crippen molar-refractivity contribution in [1.29, 1.82) is 0 Å². The van der Waals surface area contributed by atoms with Gasteiger partial charge in [-0.2, -0.15) is 0 Å². The molecule has 1 N–H and O–H groups in total. The van der Waals surface area contributed by atoms with Gasteiger partial charge >= 0.3 is 6.03 Å². The van der Waals surface area contributed by atoms with Gasteiger partial charge in [0.1, 0.15) is 0 Å². The van der Waals surface area contributed by atoms with E-state index in [-0.39, 0.29) is 6.03 Å². The number of hydrogen-bond donors (Lipinski definition) is 1. The standard InChI is InChI=1S/C17H22N4OS/c1-4-5-18-16(22)20-6-8-21(9-7-20)17-19-14-11-12(2)10-13(3)15(14)23-17/h4,10-11H,1,5-9H2,2-3H3,(H,18,22). The molecule has 0 unspecified atom stereocenters.